The molecule has 0 aliphatic carbocycles. The van der Waals surface area contributed by atoms with E-state index in [1.165, 1.54) is 16.0 Å². The summed E-state index contributed by atoms with van der Waals surface area (Å²) in [4.78, 5) is 8.25. The summed E-state index contributed by atoms with van der Waals surface area (Å²) in [6.45, 7) is 0.786. The summed E-state index contributed by atoms with van der Waals surface area (Å²) in [5.41, 5.74) is 3.36. The Bertz CT molecular complexity index is 880. The van der Waals surface area contributed by atoms with E-state index in [1.807, 2.05) is 25.2 Å². The lowest BCUT2D eigenvalue weighted by Crippen LogP contribution is -2.29. The molecule has 0 saturated carbocycles. The maximum atomic E-state index is 6.14. The van der Waals surface area contributed by atoms with Crippen LogP contribution >= 0.6 is 0 Å². The number of hydrogen-bond acceptors (Lipinski definition) is 3. The van der Waals surface area contributed by atoms with Gasteiger partial charge in [0.2, 0.25) is 0 Å². The molecule has 2 aromatic carbocycles. The number of hydrogen-bond donors (Lipinski definition) is 0. The average Bonchev–Trinajstić information content (AvgIpc) is 2.85. The molecule has 2 heterocycles. The Morgan fingerprint density at radius 3 is 2.59 bits per heavy atom. The Labute approximate surface area is 130 Å². The topological polar surface area (TPSA) is 15.7 Å². The fraction of sp³-hybridized carbons (Fsp3) is 0.158. The maximum absolute atomic E-state index is 6.14. The lowest BCUT2D eigenvalue weighted by Gasteiger charge is -2.21. The Morgan fingerprint density at radius 1 is 0.955 bits per heavy atom. The summed E-state index contributed by atoms with van der Waals surface area (Å²) < 4.78 is 0. The fourth-order valence-corrected chi connectivity index (χ4v) is 2.97. The lowest BCUT2D eigenvalue weighted by molar-refractivity contribution is 0.206. The number of para-hydroxylation sites is 1. The molecule has 0 spiro atoms. The third kappa shape index (κ3) is 2.11. The van der Waals surface area contributed by atoms with Crippen molar-refractivity contribution in [1.82, 2.24) is 4.90 Å². The Hall–Kier alpha value is -2.52. The molecule has 22 heavy (non-hydrogen) atoms. The Kier molecular flexibility index (Phi) is 3.01. The third-order valence-electron chi connectivity index (χ3n) is 3.90. The number of anilines is 1. The van der Waals surface area contributed by atoms with Gasteiger partial charge in [-0.05, 0) is 31.5 Å². The summed E-state index contributed by atoms with van der Waals surface area (Å²) in [6.07, 6.45) is 4.37. The molecule has 0 amide bonds. The van der Waals surface area contributed by atoms with Crippen LogP contribution in [0.4, 0.5) is 5.69 Å². The van der Waals surface area contributed by atoms with Crippen LogP contribution in [-0.4, -0.2) is 25.5 Å². The first-order valence-corrected chi connectivity index (χ1v) is 7.46. The lowest BCUT2D eigenvalue weighted by atomic mass is 10.1. The highest BCUT2D eigenvalue weighted by Gasteiger charge is 2.26. The number of benzene rings is 2. The van der Waals surface area contributed by atoms with E-state index in [9.17, 15) is 0 Å². The first-order chi connectivity index (χ1) is 10.7. The van der Waals surface area contributed by atoms with Crippen molar-refractivity contribution in [3.05, 3.63) is 76.4 Å². The summed E-state index contributed by atoms with van der Waals surface area (Å²) >= 11 is 0. The van der Waals surface area contributed by atoms with Crippen molar-refractivity contribution >= 4 is 17.5 Å². The minimum atomic E-state index is 0.786. The van der Waals surface area contributed by atoms with Gasteiger partial charge in [0.05, 0.1) is 17.9 Å². The second-order valence-corrected chi connectivity index (χ2v) is 5.91. The monoisotopic (exact) mass is 290 g/mol. The molecular formula is C19H18N2O. The third-order valence-corrected chi connectivity index (χ3v) is 3.90. The number of hydroxylamine groups is 1. The molecule has 3 heteroatoms. The molecule has 0 aromatic heterocycles. The van der Waals surface area contributed by atoms with E-state index in [-0.39, 0.29) is 0 Å². The van der Waals surface area contributed by atoms with Gasteiger partial charge in [0.1, 0.15) is 5.76 Å². The largest absolute Gasteiger partial charge is 0.378 e. The average molecular weight is 290 g/mol. The molecule has 0 saturated heterocycles. The van der Waals surface area contributed by atoms with E-state index in [2.05, 4.69) is 59.5 Å². The molecular weight excluding hydrogens is 272 g/mol. The van der Waals surface area contributed by atoms with Crippen LogP contribution in [0.3, 0.4) is 0 Å². The fourth-order valence-electron chi connectivity index (χ4n) is 2.97. The van der Waals surface area contributed by atoms with Crippen molar-refractivity contribution in [2.24, 2.45) is 0 Å². The number of fused-ring (bicyclic) bond motifs is 4. The molecule has 0 radical (unpaired) electrons. The van der Waals surface area contributed by atoms with E-state index in [4.69, 9.17) is 4.84 Å². The number of nitrogens with zero attached hydrogens (tertiary/aromatic N) is 2. The van der Waals surface area contributed by atoms with Crippen LogP contribution in [0, 0.1) is 0 Å². The van der Waals surface area contributed by atoms with Gasteiger partial charge in [0.25, 0.3) is 0 Å². The van der Waals surface area contributed by atoms with Crippen molar-refractivity contribution in [2.75, 3.05) is 25.7 Å². The van der Waals surface area contributed by atoms with Crippen LogP contribution in [0.15, 0.2) is 60.4 Å². The van der Waals surface area contributed by atoms with Crippen LogP contribution in [-0.2, 0) is 4.84 Å². The molecule has 0 fully saturated rings. The minimum Gasteiger partial charge on any atom is -0.378 e. The van der Waals surface area contributed by atoms with Crippen molar-refractivity contribution in [3.8, 4) is 0 Å². The predicted molar refractivity (Wildman–Crippen MR) is 89.3 cm³/mol. The van der Waals surface area contributed by atoms with Gasteiger partial charge in [-0.25, -0.2) is 0 Å². The maximum Gasteiger partial charge on any atom is 0.149 e. The standard InChI is InChI=1S/C19H18N2O/c1-20(2)13-16-12-19-17-9-5-3-7-14(17)11-15-8-4-6-10-18(15)21(19)22-16/h3-12H,13H2,1-2H3. The van der Waals surface area contributed by atoms with Crippen molar-refractivity contribution in [3.63, 3.8) is 0 Å². The molecule has 3 nitrogen and oxygen atoms in total. The van der Waals surface area contributed by atoms with Gasteiger partial charge in [0.15, 0.2) is 0 Å². The zero-order valence-electron chi connectivity index (χ0n) is 12.8. The van der Waals surface area contributed by atoms with Gasteiger partial charge < -0.3 is 9.74 Å². The minimum absolute atomic E-state index is 0.786. The van der Waals surface area contributed by atoms with Gasteiger partial charge in [-0.1, -0.05) is 42.5 Å². The van der Waals surface area contributed by atoms with Crippen molar-refractivity contribution in [1.29, 1.82) is 0 Å². The summed E-state index contributed by atoms with van der Waals surface area (Å²) in [6, 6.07) is 16.8. The summed E-state index contributed by atoms with van der Waals surface area (Å²) in [7, 11) is 4.10. The normalized spacial score (nSPS) is 15.3. The van der Waals surface area contributed by atoms with Crippen molar-refractivity contribution < 1.29 is 4.84 Å². The number of rotatable bonds is 2. The first kappa shape index (κ1) is 13.2. The van der Waals surface area contributed by atoms with Crippen molar-refractivity contribution in [2.45, 2.75) is 0 Å². The molecule has 0 unspecified atom stereocenters. The summed E-state index contributed by atoms with van der Waals surface area (Å²) in [5, 5.41) is 4.38. The van der Waals surface area contributed by atoms with Gasteiger partial charge in [-0.15, -0.1) is 0 Å². The highest BCUT2D eigenvalue weighted by atomic mass is 16.7. The molecule has 4 rings (SSSR count). The molecule has 0 N–H and O–H groups in total. The van der Waals surface area contributed by atoms with Crippen LogP contribution in [0.2, 0.25) is 0 Å². The van der Waals surface area contributed by atoms with Gasteiger partial charge in [0, 0.05) is 16.9 Å². The van der Waals surface area contributed by atoms with E-state index in [0.717, 1.165) is 23.7 Å². The molecule has 110 valence electrons. The second-order valence-electron chi connectivity index (χ2n) is 5.91. The smallest absolute Gasteiger partial charge is 0.149 e. The zero-order chi connectivity index (χ0) is 15.1. The first-order valence-electron chi connectivity index (χ1n) is 7.46. The zero-order valence-corrected chi connectivity index (χ0v) is 12.8. The highest BCUT2D eigenvalue weighted by Crippen LogP contribution is 2.32. The predicted octanol–water partition coefficient (Wildman–Crippen LogP) is 1.83. The Balaban J connectivity index is 1.99. The second kappa shape index (κ2) is 5.04. The van der Waals surface area contributed by atoms with Crippen LogP contribution in [0.1, 0.15) is 5.56 Å². The Morgan fingerprint density at radius 2 is 1.73 bits per heavy atom. The summed E-state index contributed by atoms with van der Waals surface area (Å²) in [5.74, 6) is 0.964. The highest BCUT2D eigenvalue weighted by molar-refractivity contribution is 5.82. The van der Waals surface area contributed by atoms with Gasteiger partial charge in [-0.2, -0.15) is 5.06 Å². The van der Waals surface area contributed by atoms with E-state index < -0.39 is 0 Å². The van der Waals surface area contributed by atoms with E-state index in [1.54, 1.807) is 0 Å². The van der Waals surface area contributed by atoms with Gasteiger partial charge in [-0.3, -0.25) is 0 Å². The molecule has 2 aliphatic heterocycles. The SMILES string of the molecule is CN(C)CC1=CC2=c3ccccc3=Cc3ccccc3N2O1. The molecule has 2 aliphatic rings. The quantitative estimate of drug-likeness (QED) is 0.839. The van der Waals surface area contributed by atoms with Crippen LogP contribution < -0.4 is 15.5 Å². The molecule has 2 aromatic rings. The molecule has 0 atom stereocenters. The molecule has 0 bridgehead atoms. The number of likely N-dealkylation sites (N-methyl/N-ethyl adjacent to an activating group) is 1. The van der Waals surface area contributed by atoms with Gasteiger partial charge >= 0.3 is 0 Å². The van der Waals surface area contributed by atoms with Crippen LogP contribution in [0.5, 0.6) is 0 Å². The van der Waals surface area contributed by atoms with E-state index in [0.29, 0.717) is 0 Å². The van der Waals surface area contributed by atoms with E-state index >= 15 is 0 Å². The van der Waals surface area contributed by atoms with Crippen LogP contribution in [0.25, 0.3) is 11.8 Å².